The molecule has 1 aliphatic carbocycles. The molecule has 4 nitrogen and oxygen atoms in total. The third kappa shape index (κ3) is 3.44. The first-order chi connectivity index (χ1) is 10.2. The molecule has 2 fully saturated rings. The van der Waals surface area contributed by atoms with Crippen molar-refractivity contribution in [3.8, 4) is 0 Å². The number of hydrogen-bond acceptors (Lipinski definition) is 3. The van der Waals surface area contributed by atoms with Gasteiger partial charge in [-0.05, 0) is 37.2 Å². The summed E-state index contributed by atoms with van der Waals surface area (Å²) in [5, 5.41) is 9.09. The number of morpholine rings is 1. The van der Waals surface area contributed by atoms with Crippen LogP contribution in [0.2, 0.25) is 0 Å². The Morgan fingerprint density at radius 3 is 2.52 bits per heavy atom. The molecule has 1 aliphatic heterocycles. The van der Waals surface area contributed by atoms with Gasteiger partial charge in [0, 0.05) is 19.1 Å². The Bertz CT molecular complexity index is 468. The number of benzene rings is 1. The molecular formula is C17H23NO3. The Kier molecular flexibility index (Phi) is 4.56. The van der Waals surface area contributed by atoms with Gasteiger partial charge in [-0.1, -0.05) is 30.3 Å². The molecular weight excluding hydrogens is 266 g/mol. The van der Waals surface area contributed by atoms with E-state index in [-0.39, 0.29) is 0 Å². The zero-order valence-corrected chi connectivity index (χ0v) is 12.3. The van der Waals surface area contributed by atoms with Crippen LogP contribution in [-0.4, -0.2) is 47.8 Å². The molecule has 0 bridgehead atoms. The second kappa shape index (κ2) is 6.58. The molecule has 3 rings (SSSR count). The maximum Gasteiger partial charge on any atom is 0.334 e. The normalized spacial score (nSPS) is 31.0. The Morgan fingerprint density at radius 2 is 1.86 bits per heavy atom. The first-order valence-corrected chi connectivity index (χ1v) is 7.87. The molecule has 114 valence electrons. The summed E-state index contributed by atoms with van der Waals surface area (Å²) in [6.07, 6.45) is 4.07. The highest BCUT2D eigenvalue weighted by atomic mass is 16.5. The van der Waals surface area contributed by atoms with Gasteiger partial charge in [0.2, 0.25) is 0 Å². The maximum atomic E-state index is 11.1. The van der Waals surface area contributed by atoms with Crippen LogP contribution in [0.25, 0.3) is 0 Å². The molecule has 0 radical (unpaired) electrons. The van der Waals surface area contributed by atoms with Crippen molar-refractivity contribution in [1.82, 2.24) is 4.90 Å². The quantitative estimate of drug-likeness (QED) is 0.929. The maximum absolute atomic E-state index is 11.1. The molecule has 1 saturated heterocycles. The van der Waals surface area contributed by atoms with Crippen LogP contribution < -0.4 is 0 Å². The molecule has 0 aromatic heterocycles. The van der Waals surface area contributed by atoms with Crippen LogP contribution in [0, 0.1) is 0 Å². The second-order valence-corrected chi connectivity index (χ2v) is 6.11. The van der Waals surface area contributed by atoms with E-state index < -0.39 is 12.1 Å². The summed E-state index contributed by atoms with van der Waals surface area (Å²) < 4.78 is 5.31. The summed E-state index contributed by atoms with van der Waals surface area (Å²) in [5.74, 6) is -0.170. The molecule has 0 spiro atoms. The third-order valence-electron chi connectivity index (χ3n) is 4.86. The highest BCUT2D eigenvalue weighted by Gasteiger charge is 2.32. The lowest BCUT2D eigenvalue weighted by atomic mass is 9.81. The number of aliphatic carboxylic acids is 1. The molecule has 1 unspecified atom stereocenters. The average Bonchev–Trinajstić information content (AvgIpc) is 2.56. The number of nitrogens with zero attached hydrogens (tertiary/aromatic N) is 1. The van der Waals surface area contributed by atoms with Gasteiger partial charge in [-0.25, -0.2) is 4.79 Å². The lowest BCUT2D eigenvalue weighted by Crippen LogP contribution is -2.51. The van der Waals surface area contributed by atoms with Gasteiger partial charge in [-0.2, -0.15) is 0 Å². The fourth-order valence-corrected chi connectivity index (χ4v) is 3.65. The smallest absolute Gasteiger partial charge is 0.334 e. The summed E-state index contributed by atoms with van der Waals surface area (Å²) in [6.45, 7) is 1.94. The SMILES string of the molecule is O=C(O)C1CN(C2CCC(c3ccccc3)CC2)CCO1. The minimum absolute atomic E-state index is 0.524. The monoisotopic (exact) mass is 289 g/mol. The number of carboxylic acids is 1. The Labute approximate surface area is 125 Å². The van der Waals surface area contributed by atoms with Gasteiger partial charge in [0.15, 0.2) is 6.10 Å². The molecule has 1 aromatic rings. The van der Waals surface area contributed by atoms with Crippen LogP contribution in [0.4, 0.5) is 0 Å². The third-order valence-corrected chi connectivity index (χ3v) is 4.86. The second-order valence-electron chi connectivity index (χ2n) is 6.11. The number of rotatable bonds is 3. The van der Waals surface area contributed by atoms with Gasteiger partial charge in [-0.3, -0.25) is 4.90 Å². The average molecular weight is 289 g/mol. The lowest BCUT2D eigenvalue weighted by molar-refractivity contribution is -0.157. The van der Waals surface area contributed by atoms with Gasteiger partial charge in [0.05, 0.1) is 6.61 Å². The van der Waals surface area contributed by atoms with Crippen molar-refractivity contribution in [2.75, 3.05) is 19.7 Å². The summed E-state index contributed by atoms with van der Waals surface area (Å²) in [4.78, 5) is 13.4. The van der Waals surface area contributed by atoms with Crippen LogP contribution in [0.3, 0.4) is 0 Å². The Morgan fingerprint density at radius 1 is 1.14 bits per heavy atom. The fourth-order valence-electron chi connectivity index (χ4n) is 3.65. The molecule has 2 aliphatic rings. The first kappa shape index (κ1) is 14.5. The van der Waals surface area contributed by atoms with E-state index in [0.29, 0.717) is 25.1 Å². The van der Waals surface area contributed by atoms with E-state index in [9.17, 15) is 4.79 Å². The van der Waals surface area contributed by atoms with E-state index >= 15 is 0 Å². The molecule has 0 amide bonds. The van der Waals surface area contributed by atoms with Gasteiger partial charge in [-0.15, -0.1) is 0 Å². The molecule has 21 heavy (non-hydrogen) atoms. The lowest BCUT2D eigenvalue weighted by Gasteiger charge is -2.40. The summed E-state index contributed by atoms with van der Waals surface area (Å²) >= 11 is 0. The van der Waals surface area contributed by atoms with E-state index in [1.807, 2.05) is 0 Å². The predicted molar refractivity (Wildman–Crippen MR) is 80.4 cm³/mol. The van der Waals surface area contributed by atoms with Crippen molar-refractivity contribution >= 4 is 5.97 Å². The van der Waals surface area contributed by atoms with Crippen LogP contribution in [-0.2, 0) is 9.53 Å². The first-order valence-electron chi connectivity index (χ1n) is 7.87. The number of hydrogen-bond donors (Lipinski definition) is 1. The zero-order chi connectivity index (χ0) is 14.7. The highest BCUT2D eigenvalue weighted by Crippen LogP contribution is 2.35. The number of carbonyl (C=O) groups is 1. The van der Waals surface area contributed by atoms with E-state index in [1.54, 1.807) is 0 Å². The van der Waals surface area contributed by atoms with E-state index in [1.165, 1.54) is 18.4 Å². The van der Waals surface area contributed by atoms with Crippen molar-refractivity contribution in [1.29, 1.82) is 0 Å². The van der Waals surface area contributed by atoms with Gasteiger partial charge < -0.3 is 9.84 Å². The molecule has 1 heterocycles. The zero-order valence-electron chi connectivity index (χ0n) is 12.3. The summed E-state index contributed by atoms with van der Waals surface area (Å²) in [6, 6.07) is 11.3. The number of carboxylic acid groups (broad SMARTS) is 1. The minimum Gasteiger partial charge on any atom is -0.479 e. The van der Waals surface area contributed by atoms with Crippen LogP contribution in [0.15, 0.2) is 30.3 Å². The Balaban J connectivity index is 1.55. The Hall–Kier alpha value is -1.39. The topological polar surface area (TPSA) is 49.8 Å². The van der Waals surface area contributed by atoms with E-state index in [2.05, 4.69) is 35.2 Å². The minimum atomic E-state index is -0.835. The number of ether oxygens (including phenoxy) is 1. The van der Waals surface area contributed by atoms with Crippen LogP contribution in [0.1, 0.15) is 37.2 Å². The molecule has 1 atom stereocenters. The summed E-state index contributed by atoms with van der Waals surface area (Å²) in [5.41, 5.74) is 1.45. The molecule has 4 heteroatoms. The van der Waals surface area contributed by atoms with Gasteiger partial charge >= 0.3 is 5.97 Å². The largest absolute Gasteiger partial charge is 0.479 e. The molecule has 1 aromatic carbocycles. The van der Waals surface area contributed by atoms with Crippen molar-refractivity contribution in [3.05, 3.63) is 35.9 Å². The molecule has 1 saturated carbocycles. The molecule has 1 N–H and O–H groups in total. The van der Waals surface area contributed by atoms with Crippen LogP contribution >= 0.6 is 0 Å². The van der Waals surface area contributed by atoms with Crippen LogP contribution in [0.5, 0.6) is 0 Å². The predicted octanol–water partition coefficient (Wildman–Crippen LogP) is 2.50. The van der Waals surface area contributed by atoms with Crippen molar-refractivity contribution < 1.29 is 14.6 Å². The van der Waals surface area contributed by atoms with Crippen molar-refractivity contribution in [3.63, 3.8) is 0 Å². The summed E-state index contributed by atoms with van der Waals surface area (Å²) in [7, 11) is 0. The van der Waals surface area contributed by atoms with E-state index in [4.69, 9.17) is 9.84 Å². The standard InChI is InChI=1S/C17H23NO3/c19-17(20)16-12-18(10-11-21-16)15-8-6-14(7-9-15)13-4-2-1-3-5-13/h1-5,14-16H,6-12H2,(H,19,20). The van der Waals surface area contributed by atoms with E-state index in [0.717, 1.165) is 19.4 Å². The van der Waals surface area contributed by atoms with Gasteiger partial charge in [0.25, 0.3) is 0 Å². The van der Waals surface area contributed by atoms with Crippen molar-refractivity contribution in [2.24, 2.45) is 0 Å². The fraction of sp³-hybridized carbons (Fsp3) is 0.588. The van der Waals surface area contributed by atoms with Crippen molar-refractivity contribution in [2.45, 2.75) is 43.7 Å². The highest BCUT2D eigenvalue weighted by molar-refractivity contribution is 5.72. The van der Waals surface area contributed by atoms with Gasteiger partial charge in [0.1, 0.15) is 0 Å².